The van der Waals surface area contributed by atoms with E-state index in [9.17, 15) is 4.21 Å². The van der Waals surface area contributed by atoms with E-state index in [1.165, 1.54) is 0 Å². The predicted octanol–water partition coefficient (Wildman–Crippen LogP) is 2.06. The molecule has 1 aliphatic heterocycles. The maximum absolute atomic E-state index is 11.6. The minimum atomic E-state index is -2.10. The first-order valence-electron chi connectivity index (χ1n) is 4.32. The van der Waals surface area contributed by atoms with Gasteiger partial charge >= 0.3 is 0 Å². The molecule has 1 heterocycles. The predicted molar refractivity (Wildman–Crippen MR) is 60.8 cm³/mol. The molecule has 0 bridgehead atoms. The van der Waals surface area contributed by atoms with Crippen LogP contribution in [0.15, 0.2) is 16.8 Å². The molecular formula is C10H17NOS. The van der Waals surface area contributed by atoms with Crippen LogP contribution >= 0.6 is 0 Å². The molecule has 0 aromatic rings. The van der Waals surface area contributed by atoms with Gasteiger partial charge in [0.2, 0.25) is 0 Å². The fraction of sp³-hybridized carbons (Fsp3) is 0.600. The second kappa shape index (κ2) is 2.98. The maximum atomic E-state index is 11.6. The first-order valence-corrected chi connectivity index (χ1v) is 6.45. The summed E-state index contributed by atoms with van der Waals surface area (Å²) in [5.74, 6) is 3.63. The highest BCUT2D eigenvalue weighted by molar-refractivity contribution is 8.13. The van der Waals surface area contributed by atoms with Gasteiger partial charge in [0.05, 0.1) is 5.04 Å². The van der Waals surface area contributed by atoms with Crippen LogP contribution in [0.25, 0.3) is 0 Å². The van der Waals surface area contributed by atoms with Crippen molar-refractivity contribution in [2.75, 3.05) is 6.26 Å². The van der Waals surface area contributed by atoms with Gasteiger partial charge in [-0.25, -0.2) is 4.99 Å². The highest BCUT2D eigenvalue weighted by Crippen LogP contribution is 2.30. The van der Waals surface area contributed by atoms with Crippen LogP contribution in [0.1, 0.15) is 27.2 Å². The first kappa shape index (κ1) is 10.5. The summed E-state index contributed by atoms with van der Waals surface area (Å²) in [7, 11) is -2.10. The number of nitrogens with zero attached hydrogens (tertiary/aromatic N) is 1. The summed E-state index contributed by atoms with van der Waals surface area (Å²) in [6, 6.07) is 0. The van der Waals surface area contributed by atoms with Crippen LogP contribution in [0.3, 0.4) is 0 Å². The molecule has 0 spiro atoms. The van der Waals surface area contributed by atoms with E-state index in [1.807, 2.05) is 6.08 Å². The van der Waals surface area contributed by atoms with Crippen molar-refractivity contribution in [2.24, 2.45) is 10.4 Å². The highest BCUT2D eigenvalue weighted by atomic mass is 32.2. The summed E-state index contributed by atoms with van der Waals surface area (Å²) < 4.78 is 11.6. The third-order valence-electron chi connectivity index (χ3n) is 1.98. The fourth-order valence-electron chi connectivity index (χ4n) is 1.16. The molecule has 0 N–H and O–H groups in total. The zero-order valence-electron chi connectivity index (χ0n) is 8.76. The van der Waals surface area contributed by atoms with Gasteiger partial charge in [0, 0.05) is 33.3 Å². The molecule has 0 saturated heterocycles. The van der Waals surface area contributed by atoms with Crippen LogP contribution in [-0.2, 0) is 9.52 Å². The Bertz CT molecular complexity index is 366. The molecule has 0 aliphatic carbocycles. The molecule has 0 aromatic heterocycles. The number of rotatable bonds is 0. The van der Waals surface area contributed by atoms with Gasteiger partial charge < -0.3 is 0 Å². The average Bonchev–Trinajstić information content (AvgIpc) is 2.28. The van der Waals surface area contributed by atoms with Crippen LogP contribution in [-0.4, -0.2) is 21.4 Å². The van der Waals surface area contributed by atoms with Crippen LogP contribution in [0.4, 0.5) is 0 Å². The summed E-state index contributed by atoms with van der Waals surface area (Å²) in [4.78, 5) is 4.37. The van der Waals surface area contributed by atoms with Crippen molar-refractivity contribution < 1.29 is 4.21 Å². The van der Waals surface area contributed by atoms with E-state index in [-0.39, 0.29) is 5.41 Å². The summed E-state index contributed by atoms with van der Waals surface area (Å²) in [5, 5.41) is 0.734. The van der Waals surface area contributed by atoms with Crippen molar-refractivity contribution in [3.05, 3.63) is 11.8 Å². The van der Waals surface area contributed by atoms with E-state index < -0.39 is 9.52 Å². The Balaban J connectivity index is 2.97. The molecule has 13 heavy (non-hydrogen) atoms. The third kappa shape index (κ3) is 2.44. The number of hydrogen-bond donors (Lipinski definition) is 0. The van der Waals surface area contributed by atoms with Crippen LogP contribution in [0.2, 0.25) is 0 Å². The second-order valence-electron chi connectivity index (χ2n) is 4.55. The molecule has 74 valence electrons. The summed E-state index contributed by atoms with van der Waals surface area (Å²) in [6.07, 6.45) is 4.39. The molecule has 1 rings (SSSR count). The Kier molecular flexibility index (Phi) is 2.41. The number of aliphatic imine (C=N–C) groups is 1. The Labute approximate surface area is 80.8 Å². The average molecular weight is 199 g/mol. The van der Waals surface area contributed by atoms with Gasteiger partial charge in [-0.15, -0.1) is 0 Å². The Morgan fingerprint density at radius 3 is 2.31 bits per heavy atom. The van der Waals surface area contributed by atoms with Gasteiger partial charge in [0.25, 0.3) is 0 Å². The zero-order valence-corrected chi connectivity index (χ0v) is 9.57. The topological polar surface area (TPSA) is 29.4 Å². The zero-order chi connectivity index (χ0) is 10.3. The highest BCUT2D eigenvalue weighted by Gasteiger charge is 2.22. The normalized spacial score (nSPS) is 22.2. The molecule has 1 atom stereocenters. The van der Waals surface area contributed by atoms with Gasteiger partial charge in [0.1, 0.15) is 0 Å². The van der Waals surface area contributed by atoms with Gasteiger partial charge in [-0.2, -0.15) is 0 Å². The van der Waals surface area contributed by atoms with Gasteiger partial charge in [-0.1, -0.05) is 26.8 Å². The third-order valence-corrected chi connectivity index (χ3v) is 3.24. The van der Waals surface area contributed by atoms with E-state index in [0.717, 1.165) is 10.7 Å². The smallest absolute Gasteiger partial charge is 0.0996 e. The van der Waals surface area contributed by atoms with E-state index in [2.05, 4.69) is 31.6 Å². The summed E-state index contributed by atoms with van der Waals surface area (Å²) in [6.45, 7) is 6.31. The summed E-state index contributed by atoms with van der Waals surface area (Å²) in [5.41, 5.74) is 1.08. The SMILES string of the molecule is C=S(C)(=O)C1=NC(C(C)(C)C)=CC1. The quantitative estimate of drug-likeness (QED) is 0.549. The second-order valence-corrected chi connectivity index (χ2v) is 7.04. The monoisotopic (exact) mass is 199 g/mol. The molecule has 3 heteroatoms. The molecule has 1 unspecified atom stereocenters. The minimum Gasteiger partial charge on any atom is -0.262 e. The number of hydrogen-bond acceptors (Lipinski definition) is 2. The molecule has 0 amide bonds. The van der Waals surface area contributed by atoms with Crippen LogP contribution in [0.5, 0.6) is 0 Å². The van der Waals surface area contributed by atoms with Crippen LogP contribution < -0.4 is 0 Å². The van der Waals surface area contributed by atoms with Crippen molar-refractivity contribution in [3.8, 4) is 0 Å². The molecule has 0 saturated carbocycles. The minimum absolute atomic E-state index is 0.0481. The Morgan fingerprint density at radius 1 is 1.54 bits per heavy atom. The molecule has 2 nitrogen and oxygen atoms in total. The van der Waals surface area contributed by atoms with Gasteiger partial charge in [-0.05, 0) is 5.87 Å². The van der Waals surface area contributed by atoms with Crippen molar-refractivity contribution in [2.45, 2.75) is 27.2 Å². The molecule has 0 fully saturated rings. The lowest BCUT2D eigenvalue weighted by Crippen LogP contribution is -2.10. The van der Waals surface area contributed by atoms with Crippen LogP contribution in [0, 0.1) is 5.41 Å². The van der Waals surface area contributed by atoms with Crippen molar-refractivity contribution in [1.82, 2.24) is 0 Å². The van der Waals surface area contributed by atoms with Crippen molar-refractivity contribution in [1.29, 1.82) is 0 Å². The lowest BCUT2D eigenvalue weighted by atomic mass is 9.92. The van der Waals surface area contributed by atoms with Crippen molar-refractivity contribution >= 4 is 20.4 Å². The maximum Gasteiger partial charge on any atom is 0.0996 e. The first-order chi connectivity index (χ1) is 5.71. The standard InChI is InChI=1S/C10H17NOS/c1-10(2,3)8-6-7-9(11-8)13(4,5)12/h6H,4,7H2,1-3,5H3. The lowest BCUT2D eigenvalue weighted by Gasteiger charge is -2.16. The molecule has 1 aliphatic rings. The Hall–Kier alpha value is -0.570. The van der Waals surface area contributed by atoms with E-state index in [4.69, 9.17) is 0 Å². The molecule has 0 aromatic carbocycles. The molecular weight excluding hydrogens is 182 g/mol. The molecule has 0 radical (unpaired) electrons. The Morgan fingerprint density at radius 2 is 2.08 bits per heavy atom. The summed E-state index contributed by atoms with van der Waals surface area (Å²) >= 11 is 0. The largest absolute Gasteiger partial charge is 0.262 e. The van der Waals surface area contributed by atoms with E-state index >= 15 is 0 Å². The fourth-order valence-corrected chi connectivity index (χ4v) is 1.88. The van der Waals surface area contributed by atoms with Crippen molar-refractivity contribution in [3.63, 3.8) is 0 Å². The van der Waals surface area contributed by atoms with E-state index in [0.29, 0.717) is 6.42 Å². The van der Waals surface area contributed by atoms with Gasteiger partial charge in [0.15, 0.2) is 0 Å². The van der Waals surface area contributed by atoms with Gasteiger partial charge in [-0.3, -0.25) is 4.21 Å². The lowest BCUT2D eigenvalue weighted by molar-refractivity contribution is 0.500. The number of allylic oxidation sites excluding steroid dienone is 2. The van der Waals surface area contributed by atoms with E-state index in [1.54, 1.807) is 6.26 Å².